The second-order valence-electron chi connectivity index (χ2n) is 3.15. The summed E-state index contributed by atoms with van der Waals surface area (Å²) in [6.45, 7) is 4.04. The van der Waals surface area contributed by atoms with Crippen LogP contribution in [0.25, 0.3) is 0 Å². The Bertz CT molecular complexity index is 388. The van der Waals surface area contributed by atoms with Crippen LogP contribution in [0.15, 0.2) is 6.20 Å². The Morgan fingerprint density at radius 1 is 1.62 bits per heavy atom. The summed E-state index contributed by atoms with van der Waals surface area (Å²) in [5.74, 6) is -0.752. The van der Waals surface area contributed by atoms with Crippen LogP contribution >= 0.6 is 0 Å². The van der Waals surface area contributed by atoms with Crippen LogP contribution in [-0.2, 0) is 9.53 Å². The van der Waals surface area contributed by atoms with Gasteiger partial charge in [-0.15, -0.1) is 5.10 Å². The molecule has 0 aromatic carbocycles. The third-order valence-corrected chi connectivity index (χ3v) is 2.03. The average molecular weight is 226 g/mol. The number of hydrogen-bond acceptors (Lipinski definition) is 5. The van der Waals surface area contributed by atoms with Crippen LogP contribution in [0.2, 0.25) is 0 Å². The van der Waals surface area contributed by atoms with Crippen LogP contribution in [0.4, 0.5) is 0 Å². The Morgan fingerprint density at radius 2 is 2.31 bits per heavy atom. The molecule has 0 saturated carbocycles. The molecule has 0 aliphatic carbocycles. The van der Waals surface area contributed by atoms with Gasteiger partial charge in [-0.05, 0) is 13.8 Å². The van der Waals surface area contributed by atoms with Gasteiger partial charge < -0.3 is 10.1 Å². The Kier molecular flexibility index (Phi) is 3.98. The van der Waals surface area contributed by atoms with E-state index in [2.05, 4.69) is 20.4 Å². The van der Waals surface area contributed by atoms with Gasteiger partial charge >= 0.3 is 5.97 Å². The van der Waals surface area contributed by atoms with Crippen LogP contribution in [0.1, 0.15) is 30.4 Å². The molecule has 0 saturated heterocycles. The van der Waals surface area contributed by atoms with E-state index in [1.165, 1.54) is 18.0 Å². The van der Waals surface area contributed by atoms with E-state index in [1.54, 1.807) is 6.92 Å². The van der Waals surface area contributed by atoms with E-state index >= 15 is 0 Å². The topological polar surface area (TPSA) is 86.1 Å². The highest BCUT2D eigenvalue weighted by molar-refractivity contribution is 5.86. The normalized spacial score (nSPS) is 11.9. The SMILES string of the molecule is CCNC(=O)C(C)n1cc(C(=O)OC)nn1. The van der Waals surface area contributed by atoms with E-state index in [9.17, 15) is 9.59 Å². The smallest absolute Gasteiger partial charge is 0.360 e. The van der Waals surface area contributed by atoms with Crippen molar-refractivity contribution < 1.29 is 14.3 Å². The highest BCUT2D eigenvalue weighted by Crippen LogP contribution is 2.05. The quantitative estimate of drug-likeness (QED) is 0.716. The van der Waals surface area contributed by atoms with Gasteiger partial charge in [-0.25, -0.2) is 9.48 Å². The Morgan fingerprint density at radius 3 is 2.88 bits per heavy atom. The number of aromatic nitrogens is 3. The molecule has 1 rings (SSSR count). The molecule has 0 spiro atoms. The van der Waals surface area contributed by atoms with Crippen LogP contribution in [0, 0.1) is 0 Å². The lowest BCUT2D eigenvalue weighted by atomic mass is 10.3. The first-order valence-electron chi connectivity index (χ1n) is 4.88. The molecular formula is C9H14N4O3. The average Bonchev–Trinajstić information content (AvgIpc) is 2.76. The minimum absolute atomic E-state index is 0.0821. The highest BCUT2D eigenvalue weighted by atomic mass is 16.5. The van der Waals surface area contributed by atoms with E-state index in [-0.39, 0.29) is 11.6 Å². The molecular weight excluding hydrogens is 212 g/mol. The molecule has 1 heterocycles. The molecule has 0 fully saturated rings. The summed E-state index contributed by atoms with van der Waals surface area (Å²) in [5, 5.41) is 9.95. The highest BCUT2D eigenvalue weighted by Gasteiger charge is 2.18. The van der Waals surface area contributed by atoms with Gasteiger partial charge in [-0.2, -0.15) is 0 Å². The third kappa shape index (κ3) is 2.56. The van der Waals surface area contributed by atoms with Gasteiger partial charge in [0.1, 0.15) is 6.04 Å². The van der Waals surface area contributed by atoms with E-state index in [4.69, 9.17) is 0 Å². The fourth-order valence-electron chi connectivity index (χ4n) is 1.11. The van der Waals surface area contributed by atoms with E-state index in [0.717, 1.165) is 0 Å². The van der Waals surface area contributed by atoms with Crippen LogP contribution in [0.3, 0.4) is 0 Å². The predicted octanol–water partition coefficient (Wildman–Crippen LogP) is -0.238. The Balaban J connectivity index is 2.77. The molecule has 88 valence electrons. The zero-order valence-corrected chi connectivity index (χ0v) is 9.43. The molecule has 1 aromatic heterocycles. The number of carbonyl (C=O) groups excluding carboxylic acids is 2. The van der Waals surface area contributed by atoms with E-state index in [0.29, 0.717) is 6.54 Å². The monoisotopic (exact) mass is 226 g/mol. The first-order chi connectivity index (χ1) is 7.60. The molecule has 1 aromatic rings. The van der Waals surface area contributed by atoms with Crippen molar-refractivity contribution in [2.24, 2.45) is 0 Å². The molecule has 16 heavy (non-hydrogen) atoms. The minimum atomic E-state index is -0.575. The first kappa shape index (κ1) is 12.2. The van der Waals surface area contributed by atoms with Crippen molar-refractivity contribution >= 4 is 11.9 Å². The summed E-state index contributed by atoms with van der Waals surface area (Å²) >= 11 is 0. The third-order valence-electron chi connectivity index (χ3n) is 2.03. The maximum Gasteiger partial charge on any atom is 0.360 e. The maximum absolute atomic E-state index is 11.5. The van der Waals surface area contributed by atoms with Crippen molar-refractivity contribution in [1.82, 2.24) is 20.3 Å². The summed E-state index contributed by atoms with van der Waals surface area (Å²) in [6.07, 6.45) is 1.38. The zero-order valence-electron chi connectivity index (χ0n) is 9.43. The second-order valence-corrected chi connectivity index (χ2v) is 3.15. The number of nitrogens with one attached hydrogen (secondary N) is 1. The number of likely N-dealkylation sites (N-methyl/N-ethyl adjacent to an activating group) is 1. The molecule has 0 aliphatic heterocycles. The molecule has 1 unspecified atom stereocenters. The summed E-state index contributed by atoms with van der Waals surface area (Å²) in [6, 6.07) is -0.508. The van der Waals surface area contributed by atoms with Crippen LogP contribution < -0.4 is 5.32 Å². The standard InChI is InChI=1S/C9H14N4O3/c1-4-10-8(14)6(2)13-5-7(11-12-13)9(15)16-3/h5-6H,4H2,1-3H3,(H,10,14). The fourth-order valence-corrected chi connectivity index (χ4v) is 1.11. The van der Waals surface area contributed by atoms with Gasteiger partial charge in [-0.3, -0.25) is 4.79 Å². The van der Waals surface area contributed by atoms with Crippen LogP contribution in [-0.4, -0.2) is 40.5 Å². The molecule has 1 N–H and O–H groups in total. The number of hydrogen-bond donors (Lipinski definition) is 1. The predicted molar refractivity (Wildman–Crippen MR) is 54.8 cm³/mol. The first-order valence-corrected chi connectivity index (χ1v) is 4.88. The van der Waals surface area contributed by atoms with Crippen molar-refractivity contribution in [2.75, 3.05) is 13.7 Å². The van der Waals surface area contributed by atoms with Crippen molar-refractivity contribution in [3.63, 3.8) is 0 Å². The van der Waals surface area contributed by atoms with Crippen molar-refractivity contribution in [3.05, 3.63) is 11.9 Å². The summed E-state index contributed by atoms with van der Waals surface area (Å²) in [4.78, 5) is 22.6. The second kappa shape index (κ2) is 5.24. The molecule has 1 atom stereocenters. The van der Waals surface area contributed by atoms with Gasteiger partial charge in [-0.1, -0.05) is 5.21 Å². The number of ether oxygens (including phenoxy) is 1. The maximum atomic E-state index is 11.5. The number of rotatable bonds is 4. The lowest BCUT2D eigenvalue weighted by Gasteiger charge is -2.09. The molecule has 0 aliphatic rings. The van der Waals surface area contributed by atoms with Gasteiger partial charge in [0.25, 0.3) is 0 Å². The number of nitrogens with zero attached hydrogens (tertiary/aromatic N) is 3. The van der Waals surface area contributed by atoms with Gasteiger partial charge in [0.05, 0.1) is 13.3 Å². The van der Waals surface area contributed by atoms with Gasteiger partial charge in [0, 0.05) is 6.54 Å². The molecule has 7 heteroatoms. The van der Waals surface area contributed by atoms with Gasteiger partial charge in [0.15, 0.2) is 5.69 Å². The van der Waals surface area contributed by atoms with E-state index in [1.807, 2.05) is 6.92 Å². The molecule has 0 radical (unpaired) electrons. The van der Waals surface area contributed by atoms with Gasteiger partial charge in [0.2, 0.25) is 5.91 Å². The van der Waals surface area contributed by atoms with E-state index < -0.39 is 12.0 Å². The number of amides is 1. The summed E-state index contributed by atoms with van der Waals surface area (Å²) in [7, 11) is 1.26. The number of esters is 1. The molecule has 7 nitrogen and oxygen atoms in total. The Labute approximate surface area is 92.8 Å². The fraction of sp³-hybridized carbons (Fsp3) is 0.556. The van der Waals surface area contributed by atoms with Crippen molar-refractivity contribution in [1.29, 1.82) is 0 Å². The number of carbonyl (C=O) groups is 2. The Hall–Kier alpha value is -1.92. The lowest BCUT2D eigenvalue weighted by molar-refractivity contribution is -0.124. The lowest BCUT2D eigenvalue weighted by Crippen LogP contribution is -2.31. The number of methoxy groups -OCH3 is 1. The largest absolute Gasteiger partial charge is 0.464 e. The molecule has 1 amide bonds. The zero-order chi connectivity index (χ0) is 12.1. The van der Waals surface area contributed by atoms with Crippen molar-refractivity contribution in [2.45, 2.75) is 19.9 Å². The minimum Gasteiger partial charge on any atom is -0.464 e. The van der Waals surface area contributed by atoms with Crippen molar-refractivity contribution in [3.8, 4) is 0 Å². The summed E-state index contributed by atoms with van der Waals surface area (Å²) in [5.41, 5.74) is 0.0821. The molecule has 0 bridgehead atoms. The van der Waals surface area contributed by atoms with Crippen LogP contribution in [0.5, 0.6) is 0 Å². The summed E-state index contributed by atoms with van der Waals surface area (Å²) < 4.78 is 5.80.